The molecule has 146 valence electrons. The fourth-order valence-electron chi connectivity index (χ4n) is 2.85. The van der Waals surface area contributed by atoms with Crippen molar-refractivity contribution in [1.29, 1.82) is 5.26 Å². The van der Waals surface area contributed by atoms with Gasteiger partial charge in [-0.15, -0.1) is 0 Å². The molecule has 0 spiro atoms. The number of alkyl halides is 3. The van der Waals surface area contributed by atoms with E-state index in [-0.39, 0.29) is 14.6 Å². The Kier molecular flexibility index (Phi) is 12.1. The van der Waals surface area contributed by atoms with Crippen molar-refractivity contribution in [2.75, 3.05) is 18.9 Å². The predicted molar refractivity (Wildman–Crippen MR) is 96.5 cm³/mol. The SMILES string of the molecule is CC(C)N(C(C)C)P(CCC#N)CCCCCCNC(=O)C(F)(F)F. The Morgan fingerprint density at radius 1 is 1.08 bits per heavy atom. The molecule has 1 amide bonds. The predicted octanol–water partition coefficient (Wildman–Crippen LogP) is 4.65. The minimum Gasteiger partial charge on any atom is -0.348 e. The van der Waals surface area contributed by atoms with Gasteiger partial charge in [0.1, 0.15) is 0 Å². The Morgan fingerprint density at radius 2 is 1.64 bits per heavy atom. The molecular weight excluding hydrogens is 350 g/mol. The van der Waals surface area contributed by atoms with E-state index in [1.807, 2.05) is 5.32 Å². The van der Waals surface area contributed by atoms with Crippen LogP contribution in [0.25, 0.3) is 0 Å². The first kappa shape index (κ1) is 24.1. The van der Waals surface area contributed by atoms with Gasteiger partial charge in [-0.05, 0) is 60.9 Å². The lowest BCUT2D eigenvalue weighted by Gasteiger charge is -2.38. The number of amides is 1. The largest absolute Gasteiger partial charge is 0.471 e. The molecule has 8 heteroatoms. The van der Waals surface area contributed by atoms with E-state index in [1.165, 1.54) is 0 Å². The van der Waals surface area contributed by atoms with Crippen molar-refractivity contribution in [1.82, 2.24) is 9.99 Å². The zero-order valence-electron chi connectivity index (χ0n) is 15.7. The van der Waals surface area contributed by atoms with Gasteiger partial charge in [-0.25, -0.2) is 0 Å². The first-order valence-corrected chi connectivity index (χ1v) is 10.5. The fourth-order valence-corrected chi connectivity index (χ4v) is 5.78. The number of nitrogens with one attached hydrogen (secondary N) is 1. The molecule has 1 unspecified atom stereocenters. The number of rotatable bonds is 12. The van der Waals surface area contributed by atoms with Gasteiger partial charge >= 0.3 is 12.1 Å². The van der Waals surface area contributed by atoms with Crippen molar-refractivity contribution in [2.45, 2.75) is 78.1 Å². The zero-order valence-corrected chi connectivity index (χ0v) is 16.6. The summed E-state index contributed by atoms with van der Waals surface area (Å²) in [6, 6.07) is 3.09. The lowest BCUT2D eigenvalue weighted by atomic mass is 10.2. The van der Waals surface area contributed by atoms with Gasteiger partial charge in [-0.1, -0.05) is 12.8 Å². The minimum absolute atomic E-state index is 0.0612. The van der Waals surface area contributed by atoms with Crippen LogP contribution in [-0.2, 0) is 4.79 Å². The van der Waals surface area contributed by atoms with E-state index in [4.69, 9.17) is 5.26 Å². The summed E-state index contributed by atoms with van der Waals surface area (Å²) in [6.45, 7) is 8.75. The van der Waals surface area contributed by atoms with Crippen LogP contribution in [0.1, 0.15) is 59.8 Å². The van der Waals surface area contributed by atoms with E-state index in [1.54, 1.807) is 0 Å². The maximum Gasteiger partial charge on any atom is 0.471 e. The molecule has 0 saturated carbocycles. The summed E-state index contributed by atoms with van der Waals surface area (Å²) in [6.07, 6.45) is 0.988. The molecule has 0 aromatic rings. The smallest absolute Gasteiger partial charge is 0.348 e. The van der Waals surface area contributed by atoms with Crippen molar-refractivity contribution >= 4 is 14.0 Å². The number of halogens is 3. The Hall–Kier alpha value is -0.860. The molecule has 0 rings (SSSR count). The highest BCUT2D eigenvalue weighted by Gasteiger charge is 2.38. The second-order valence-electron chi connectivity index (χ2n) is 6.60. The third-order valence-electron chi connectivity index (χ3n) is 3.75. The molecule has 0 heterocycles. The summed E-state index contributed by atoms with van der Waals surface area (Å²) >= 11 is 0. The maximum atomic E-state index is 12.0. The lowest BCUT2D eigenvalue weighted by molar-refractivity contribution is -0.173. The highest BCUT2D eigenvalue weighted by molar-refractivity contribution is 7.55. The minimum atomic E-state index is -4.80. The molecule has 0 aliphatic rings. The molecule has 0 radical (unpaired) electrons. The standard InChI is InChI=1S/C17H31F3N3OP/c1-14(2)23(15(3)4)25(13-9-10-21)12-8-6-5-7-11-22-16(24)17(18,19)20/h14-15H,5-9,11-13H2,1-4H3,(H,22,24). The number of hydrogen-bond acceptors (Lipinski definition) is 3. The quantitative estimate of drug-likeness (QED) is 0.395. The third-order valence-corrected chi connectivity index (χ3v) is 6.90. The number of carbonyl (C=O) groups excluding carboxylic acids is 1. The highest BCUT2D eigenvalue weighted by atomic mass is 31.1. The second-order valence-corrected chi connectivity index (χ2v) is 8.97. The number of carbonyl (C=O) groups is 1. The fraction of sp³-hybridized carbons (Fsp3) is 0.882. The topological polar surface area (TPSA) is 56.1 Å². The molecule has 0 aliphatic carbocycles. The van der Waals surface area contributed by atoms with E-state index in [0.717, 1.165) is 31.6 Å². The normalized spacial score (nSPS) is 13.3. The molecule has 0 bridgehead atoms. The maximum absolute atomic E-state index is 12.0. The van der Waals surface area contributed by atoms with Crippen LogP contribution in [0.4, 0.5) is 13.2 Å². The Balaban J connectivity index is 4.14. The average molecular weight is 381 g/mol. The molecule has 25 heavy (non-hydrogen) atoms. The number of nitriles is 1. The van der Waals surface area contributed by atoms with E-state index >= 15 is 0 Å². The molecular formula is C17H31F3N3OP. The van der Waals surface area contributed by atoms with Gasteiger partial charge in [0.2, 0.25) is 0 Å². The number of unbranched alkanes of at least 4 members (excludes halogenated alkanes) is 3. The Morgan fingerprint density at radius 3 is 2.12 bits per heavy atom. The molecule has 0 aliphatic heterocycles. The first-order chi connectivity index (χ1) is 11.6. The summed E-state index contributed by atoms with van der Waals surface area (Å²) in [5.74, 6) is -1.86. The molecule has 0 aromatic heterocycles. The third kappa shape index (κ3) is 10.7. The van der Waals surface area contributed by atoms with Crippen molar-refractivity contribution in [3.05, 3.63) is 0 Å². The van der Waals surface area contributed by atoms with Crippen molar-refractivity contribution in [3.63, 3.8) is 0 Å². The van der Waals surface area contributed by atoms with Crippen LogP contribution in [0.3, 0.4) is 0 Å². The van der Waals surface area contributed by atoms with Gasteiger partial charge in [0.05, 0.1) is 6.07 Å². The second kappa shape index (κ2) is 12.5. The van der Waals surface area contributed by atoms with E-state index in [0.29, 0.717) is 24.9 Å². The summed E-state index contributed by atoms with van der Waals surface area (Å²) in [4.78, 5) is 10.7. The Labute approximate surface area is 150 Å². The molecule has 4 nitrogen and oxygen atoms in total. The average Bonchev–Trinajstić information content (AvgIpc) is 2.49. The molecule has 1 N–H and O–H groups in total. The van der Waals surface area contributed by atoms with Crippen LogP contribution in [-0.4, -0.2) is 47.7 Å². The first-order valence-electron chi connectivity index (χ1n) is 8.86. The lowest BCUT2D eigenvalue weighted by Crippen LogP contribution is -2.37. The molecule has 0 saturated heterocycles. The van der Waals surface area contributed by atoms with Gasteiger partial charge in [0.25, 0.3) is 0 Å². The van der Waals surface area contributed by atoms with Crippen LogP contribution >= 0.6 is 8.07 Å². The van der Waals surface area contributed by atoms with Crippen molar-refractivity contribution in [3.8, 4) is 6.07 Å². The summed E-state index contributed by atoms with van der Waals surface area (Å²) < 4.78 is 38.6. The van der Waals surface area contributed by atoms with Crippen molar-refractivity contribution in [2.24, 2.45) is 0 Å². The van der Waals surface area contributed by atoms with Crippen LogP contribution in [0, 0.1) is 11.3 Å². The summed E-state index contributed by atoms with van der Waals surface area (Å²) in [5.41, 5.74) is 0. The highest BCUT2D eigenvalue weighted by Crippen LogP contribution is 2.44. The number of nitrogens with zero attached hydrogens (tertiary/aromatic N) is 2. The Bertz CT molecular complexity index is 414. The van der Waals surface area contributed by atoms with Crippen molar-refractivity contribution < 1.29 is 18.0 Å². The van der Waals surface area contributed by atoms with Crippen LogP contribution in [0.2, 0.25) is 0 Å². The zero-order chi connectivity index (χ0) is 19.5. The molecule has 0 fully saturated rings. The van der Waals surface area contributed by atoms with E-state index in [2.05, 4.69) is 38.4 Å². The van der Waals surface area contributed by atoms with Gasteiger partial charge in [0, 0.05) is 25.0 Å². The summed E-state index contributed by atoms with van der Waals surface area (Å²) in [5, 5.41) is 10.8. The van der Waals surface area contributed by atoms with Gasteiger partial charge in [0.15, 0.2) is 0 Å². The van der Waals surface area contributed by atoms with Gasteiger partial charge in [-0.3, -0.25) is 9.46 Å². The van der Waals surface area contributed by atoms with E-state index in [9.17, 15) is 18.0 Å². The molecule has 0 aromatic carbocycles. The van der Waals surface area contributed by atoms with E-state index < -0.39 is 12.1 Å². The van der Waals surface area contributed by atoms with Crippen LogP contribution < -0.4 is 5.32 Å². The van der Waals surface area contributed by atoms with Crippen LogP contribution in [0.15, 0.2) is 0 Å². The van der Waals surface area contributed by atoms with Gasteiger partial charge < -0.3 is 5.32 Å². The van der Waals surface area contributed by atoms with Gasteiger partial charge in [-0.2, -0.15) is 18.4 Å². The summed E-state index contributed by atoms with van der Waals surface area (Å²) in [7, 11) is -0.367. The van der Waals surface area contributed by atoms with Crippen LogP contribution in [0.5, 0.6) is 0 Å². The molecule has 1 atom stereocenters. The monoisotopic (exact) mass is 381 g/mol. The number of hydrogen-bond donors (Lipinski definition) is 1.